The summed E-state index contributed by atoms with van der Waals surface area (Å²) in [5.74, 6) is 2.03. The molecule has 1 fully saturated rings. The molecule has 0 aliphatic carbocycles. The molecule has 0 spiro atoms. The van der Waals surface area contributed by atoms with Crippen LogP contribution in [0, 0.1) is 0 Å². The maximum Gasteiger partial charge on any atom is 0.193 e. The van der Waals surface area contributed by atoms with Gasteiger partial charge in [-0.25, -0.2) is 4.98 Å². The molecular weight excluding hydrogens is 336 g/mol. The van der Waals surface area contributed by atoms with Crippen LogP contribution in [0.4, 0.5) is 11.5 Å². The summed E-state index contributed by atoms with van der Waals surface area (Å²) in [7, 11) is 4.00. The molecule has 1 unspecified atom stereocenters. The minimum atomic E-state index is 0.360. The Hall–Kier alpha value is -2.76. The van der Waals surface area contributed by atoms with Crippen LogP contribution in [0.1, 0.15) is 6.92 Å². The smallest absolute Gasteiger partial charge is 0.193 e. The number of piperazine rings is 1. The van der Waals surface area contributed by atoms with E-state index < -0.39 is 0 Å². The van der Waals surface area contributed by atoms with Crippen molar-refractivity contribution in [2.75, 3.05) is 56.6 Å². The minimum absolute atomic E-state index is 0.360. The highest BCUT2D eigenvalue weighted by atomic mass is 15.4. The van der Waals surface area contributed by atoms with Gasteiger partial charge in [0.25, 0.3) is 0 Å². The first-order valence-electron chi connectivity index (χ1n) is 9.58. The number of rotatable bonds is 5. The average molecular weight is 367 g/mol. The molecule has 2 aromatic rings. The number of benzene rings is 1. The monoisotopic (exact) mass is 366 g/mol. The van der Waals surface area contributed by atoms with Crippen LogP contribution in [-0.2, 0) is 0 Å². The SMILES string of the molecule is CN=C(NCC(C)N(C)c1ccccc1)N1CCN(c2ccccn2)CC1. The highest BCUT2D eigenvalue weighted by Crippen LogP contribution is 2.14. The van der Waals surface area contributed by atoms with E-state index in [0.717, 1.165) is 44.5 Å². The van der Waals surface area contributed by atoms with E-state index in [1.807, 2.05) is 31.4 Å². The third kappa shape index (κ3) is 4.90. The van der Waals surface area contributed by atoms with Gasteiger partial charge in [-0.1, -0.05) is 24.3 Å². The van der Waals surface area contributed by atoms with Crippen LogP contribution < -0.4 is 15.1 Å². The summed E-state index contributed by atoms with van der Waals surface area (Å²) in [5, 5.41) is 3.54. The Labute approximate surface area is 162 Å². The van der Waals surface area contributed by atoms with Crippen LogP contribution in [0.3, 0.4) is 0 Å². The third-order valence-electron chi connectivity index (χ3n) is 5.14. The molecule has 6 nitrogen and oxygen atoms in total. The van der Waals surface area contributed by atoms with E-state index in [4.69, 9.17) is 0 Å². The van der Waals surface area contributed by atoms with Crippen molar-refractivity contribution in [3.63, 3.8) is 0 Å². The van der Waals surface area contributed by atoms with Gasteiger partial charge in [-0.15, -0.1) is 0 Å². The van der Waals surface area contributed by atoms with Gasteiger partial charge in [-0.2, -0.15) is 0 Å². The number of nitrogens with one attached hydrogen (secondary N) is 1. The van der Waals surface area contributed by atoms with Gasteiger partial charge in [-0.05, 0) is 31.2 Å². The first-order valence-corrected chi connectivity index (χ1v) is 9.58. The van der Waals surface area contributed by atoms with E-state index in [1.54, 1.807) is 0 Å². The largest absolute Gasteiger partial charge is 0.370 e. The van der Waals surface area contributed by atoms with Gasteiger partial charge < -0.3 is 20.0 Å². The predicted molar refractivity (Wildman–Crippen MR) is 114 cm³/mol. The zero-order chi connectivity index (χ0) is 19.1. The molecule has 0 amide bonds. The number of aliphatic imine (C=N–C) groups is 1. The van der Waals surface area contributed by atoms with Gasteiger partial charge in [0.1, 0.15) is 5.82 Å². The standard InChI is InChI=1S/C21H30N6/c1-18(25(3)19-9-5-4-6-10-19)17-24-21(22-2)27-15-13-26(14-16-27)20-11-7-8-12-23-20/h4-12,18H,13-17H2,1-3H3,(H,22,24). The lowest BCUT2D eigenvalue weighted by Crippen LogP contribution is -2.54. The van der Waals surface area contributed by atoms with Crippen LogP contribution in [0.15, 0.2) is 59.7 Å². The second-order valence-corrected chi connectivity index (χ2v) is 6.89. The Kier molecular flexibility index (Phi) is 6.52. The quantitative estimate of drug-likeness (QED) is 0.650. The van der Waals surface area contributed by atoms with Gasteiger partial charge in [0.05, 0.1) is 0 Å². The minimum Gasteiger partial charge on any atom is -0.370 e. The first-order chi connectivity index (χ1) is 13.2. The van der Waals surface area contributed by atoms with Gasteiger partial charge in [0, 0.05) is 64.7 Å². The van der Waals surface area contributed by atoms with Crippen molar-refractivity contribution in [2.24, 2.45) is 4.99 Å². The van der Waals surface area contributed by atoms with E-state index in [2.05, 4.69) is 74.3 Å². The third-order valence-corrected chi connectivity index (χ3v) is 5.14. The highest BCUT2D eigenvalue weighted by Gasteiger charge is 2.21. The second-order valence-electron chi connectivity index (χ2n) is 6.89. The zero-order valence-corrected chi connectivity index (χ0v) is 16.5. The molecule has 0 radical (unpaired) electrons. The fraction of sp³-hybridized carbons (Fsp3) is 0.429. The van der Waals surface area contributed by atoms with Crippen molar-refractivity contribution in [3.8, 4) is 0 Å². The Bertz CT molecular complexity index is 710. The summed E-state index contributed by atoms with van der Waals surface area (Å²) in [6.45, 7) is 6.87. The molecule has 3 rings (SSSR count). The molecular formula is C21H30N6. The van der Waals surface area contributed by atoms with Crippen molar-refractivity contribution >= 4 is 17.5 Å². The molecule has 0 saturated carbocycles. The number of guanidine groups is 1. The number of hydrogen-bond donors (Lipinski definition) is 1. The Balaban J connectivity index is 1.50. The van der Waals surface area contributed by atoms with E-state index in [0.29, 0.717) is 6.04 Å². The molecule has 1 atom stereocenters. The van der Waals surface area contributed by atoms with Crippen LogP contribution in [-0.4, -0.2) is 68.7 Å². The second kappa shape index (κ2) is 9.26. The summed E-state index contributed by atoms with van der Waals surface area (Å²) in [6.07, 6.45) is 1.85. The molecule has 6 heteroatoms. The number of anilines is 2. The summed E-state index contributed by atoms with van der Waals surface area (Å²) < 4.78 is 0. The first kappa shape index (κ1) is 19.0. The molecule has 144 valence electrons. The number of likely N-dealkylation sites (N-methyl/N-ethyl adjacent to an activating group) is 1. The maximum atomic E-state index is 4.49. The maximum absolute atomic E-state index is 4.49. The molecule has 1 aromatic carbocycles. The summed E-state index contributed by atoms with van der Waals surface area (Å²) in [5.41, 5.74) is 1.23. The van der Waals surface area contributed by atoms with E-state index >= 15 is 0 Å². The normalized spacial score (nSPS) is 16.2. The Morgan fingerprint density at radius 3 is 2.44 bits per heavy atom. The van der Waals surface area contributed by atoms with Gasteiger partial charge >= 0.3 is 0 Å². The van der Waals surface area contributed by atoms with Crippen LogP contribution in [0.2, 0.25) is 0 Å². The van der Waals surface area contributed by atoms with Crippen LogP contribution in [0.25, 0.3) is 0 Å². The van der Waals surface area contributed by atoms with Crippen molar-refractivity contribution in [3.05, 3.63) is 54.7 Å². The molecule has 1 aliphatic rings. The number of para-hydroxylation sites is 1. The fourth-order valence-electron chi connectivity index (χ4n) is 3.31. The lowest BCUT2D eigenvalue weighted by atomic mass is 10.2. The van der Waals surface area contributed by atoms with Crippen molar-refractivity contribution in [1.29, 1.82) is 0 Å². The number of hydrogen-bond acceptors (Lipinski definition) is 4. The lowest BCUT2D eigenvalue weighted by molar-refractivity contribution is 0.370. The van der Waals surface area contributed by atoms with E-state index in [9.17, 15) is 0 Å². The number of pyridine rings is 1. The summed E-state index contributed by atoms with van der Waals surface area (Å²) in [6, 6.07) is 16.9. The zero-order valence-electron chi connectivity index (χ0n) is 16.5. The van der Waals surface area contributed by atoms with Crippen molar-refractivity contribution in [1.82, 2.24) is 15.2 Å². The van der Waals surface area contributed by atoms with E-state index in [1.165, 1.54) is 5.69 Å². The number of nitrogens with zero attached hydrogens (tertiary/aromatic N) is 5. The van der Waals surface area contributed by atoms with Gasteiger partial charge in [0.15, 0.2) is 5.96 Å². The highest BCUT2D eigenvalue weighted by molar-refractivity contribution is 5.80. The molecule has 1 N–H and O–H groups in total. The predicted octanol–water partition coefficient (Wildman–Crippen LogP) is 2.30. The molecule has 1 saturated heterocycles. The fourth-order valence-corrected chi connectivity index (χ4v) is 3.31. The Morgan fingerprint density at radius 1 is 1.11 bits per heavy atom. The molecule has 1 aliphatic heterocycles. The molecule has 1 aromatic heterocycles. The Morgan fingerprint density at radius 2 is 1.81 bits per heavy atom. The van der Waals surface area contributed by atoms with Crippen molar-refractivity contribution in [2.45, 2.75) is 13.0 Å². The average Bonchev–Trinajstić information content (AvgIpc) is 2.75. The number of aromatic nitrogens is 1. The summed E-state index contributed by atoms with van der Waals surface area (Å²) >= 11 is 0. The van der Waals surface area contributed by atoms with Gasteiger partial charge in [0.2, 0.25) is 0 Å². The lowest BCUT2D eigenvalue weighted by Gasteiger charge is -2.37. The molecule has 2 heterocycles. The van der Waals surface area contributed by atoms with Crippen LogP contribution in [0.5, 0.6) is 0 Å². The van der Waals surface area contributed by atoms with Crippen molar-refractivity contribution < 1.29 is 0 Å². The summed E-state index contributed by atoms with van der Waals surface area (Å²) in [4.78, 5) is 15.9. The van der Waals surface area contributed by atoms with Gasteiger partial charge in [-0.3, -0.25) is 4.99 Å². The van der Waals surface area contributed by atoms with E-state index in [-0.39, 0.29) is 0 Å². The topological polar surface area (TPSA) is 47.0 Å². The van der Waals surface area contributed by atoms with Crippen LogP contribution >= 0.6 is 0 Å². The molecule has 0 bridgehead atoms. The molecule has 27 heavy (non-hydrogen) atoms.